The van der Waals surface area contributed by atoms with Crippen LogP contribution in [0, 0.1) is 22.1 Å². The number of rotatable bonds is 12. The summed E-state index contributed by atoms with van der Waals surface area (Å²) in [5.74, 6) is -1.72. The van der Waals surface area contributed by atoms with Crippen LogP contribution in [0.3, 0.4) is 0 Å². The third-order valence-electron chi connectivity index (χ3n) is 7.33. The Morgan fingerprint density at radius 2 is 1.68 bits per heavy atom. The maximum atomic E-state index is 13.9. The quantitative estimate of drug-likeness (QED) is 0.170. The van der Waals surface area contributed by atoms with Crippen molar-refractivity contribution in [3.8, 4) is 0 Å². The SMILES string of the molecule is Cc1cc(CNC2CCCCC2)cc(C(=O)N[C@@H](Cc2cc(F)cc(F)c2)[C@H](O)CNCc2cccc(I)c2)c1.Cl. The van der Waals surface area contributed by atoms with E-state index in [0.717, 1.165) is 26.3 Å². The number of hydrogen-bond acceptors (Lipinski definition) is 4. The third kappa shape index (κ3) is 10.9. The summed E-state index contributed by atoms with van der Waals surface area (Å²) in [6.45, 7) is 3.37. The fourth-order valence-electron chi connectivity index (χ4n) is 5.34. The van der Waals surface area contributed by atoms with Gasteiger partial charge in [-0.25, -0.2) is 8.78 Å². The number of amides is 1. The van der Waals surface area contributed by atoms with Crippen LogP contribution >= 0.6 is 35.0 Å². The molecular weight excluding hydrogens is 659 g/mol. The van der Waals surface area contributed by atoms with Crippen molar-refractivity contribution in [2.45, 2.75) is 76.7 Å². The molecule has 0 saturated heterocycles. The molecule has 0 aromatic heterocycles. The number of aliphatic hydroxyl groups excluding tert-OH is 1. The molecule has 0 aliphatic heterocycles. The average Bonchev–Trinajstić information content (AvgIpc) is 2.91. The van der Waals surface area contributed by atoms with Gasteiger partial charge in [-0.05, 0) is 102 Å². The number of carbonyl (C=O) groups excluding carboxylic acids is 1. The lowest BCUT2D eigenvalue weighted by molar-refractivity contribution is 0.0829. The highest BCUT2D eigenvalue weighted by molar-refractivity contribution is 14.1. The highest BCUT2D eigenvalue weighted by atomic mass is 127. The van der Waals surface area contributed by atoms with Crippen molar-refractivity contribution in [1.82, 2.24) is 16.0 Å². The minimum atomic E-state index is -0.990. The van der Waals surface area contributed by atoms with Crippen LogP contribution in [0.25, 0.3) is 0 Å². The third-order valence-corrected chi connectivity index (χ3v) is 8.00. The summed E-state index contributed by atoms with van der Waals surface area (Å²) in [6, 6.07) is 16.8. The first kappa shape index (κ1) is 33.4. The topological polar surface area (TPSA) is 73.4 Å². The Morgan fingerprint density at radius 3 is 2.39 bits per heavy atom. The van der Waals surface area contributed by atoms with Gasteiger partial charge in [-0.2, -0.15) is 0 Å². The van der Waals surface area contributed by atoms with Gasteiger partial charge < -0.3 is 21.1 Å². The Hall–Kier alpha value is -2.11. The molecule has 1 amide bonds. The van der Waals surface area contributed by atoms with Gasteiger partial charge in [0.25, 0.3) is 5.91 Å². The van der Waals surface area contributed by atoms with E-state index in [0.29, 0.717) is 30.3 Å². The Morgan fingerprint density at radius 1 is 0.951 bits per heavy atom. The molecule has 0 bridgehead atoms. The predicted octanol–water partition coefficient (Wildman–Crippen LogP) is 6.21. The molecule has 1 aliphatic rings. The number of benzene rings is 3. The van der Waals surface area contributed by atoms with E-state index >= 15 is 0 Å². The van der Waals surface area contributed by atoms with Crippen LogP contribution in [0.4, 0.5) is 8.78 Å². The largest absolute Gasteiger partial charge is 0.390 e. The maximum absolute atomic E-state index is 13.9. The molecule has 222 valence electrons. The Bertz CT molecular complexity index is 1270. The van der Waals surface area contributed by atoms with Gasteiger partial charge in [0.05, 0.1) is 12.1 Å². The molecule has 4 rings (SSSR count). The molecule has 2 atom stereocenters. The minimum absolute atomic E-state index is 0. The van der Waals surface area contributed by atoms with Crippen LogP contribution in [-0.4, -0.2) is 35.7 Å². The van der Waals surface area contributed by atoms with E-state index in [1.165, 1.54) is 44.2 Å². The van der Waals surface area contributed by atoms with Crippen molar-refractivity contribution in [2.24, 2.45) is 0 Å². The molecule has 4 N–H and O–H groups in total. The smallest absolute Gasteiger partial charge is 0.251 e. The van der Waals surface area contributed by atoms with E-state index in [-0.39, 0.29) is 31.3 Å². The highest BCUT2D eigenvalue weighted by Gasteiger charge is 2.23. The van der Waals surface area contributed by atoms with E-state index in [9.17, 15) is 18.7 Å². The minimum Gasteiger partial charge on any atom is -0.390 e. The molecular formula is C32H39ClF2IN3O2. The van der Waals surface area contributed by atoms with E-state index in [4.69, 9.17) is 0 Å². The summed E-state index contributed by atoms with van der Waals surface area (Å²) in [5.41, 5.74) is 3.92. The van der Waals surface area contributed by atoms with Gasteiger partial charge in [-0.1, -0.05) is 43.0 Å². The number of hydrogen-bond donors (Lipinski definition) is 4. The summed E-state index contributed by atoms with van der Waals surface area (Å²) in [4.78, 5) is 13.4. The molecule has 41 heavy (non-hydrogen) atoms. The molecule has 5 nitrogen and oxygen atoms in total. The number of carbonyl (C=O) groups is 1. The van der Waals surface area contributed by atoms with Gasteiger partial charge in [0.15, 0.2) is 0 Å². The van der Waals surface area contributed by atoms with Crippen molar-refractivity contribution in [3.63, 3.8) is 0 Å². The van der Waals surface area contributed by atoms with Crippen LogP contribution in [-0.2, 0) is 19.5 Å². The average molecular weight is 698 g/mol. The van der Waals surface area contributed by atoms with Gasteiger partial charge >= 0.3 is 0 Å². The molecule has 0 spiro atoms. The lowest BCUT2D eigenvalue weighted by atomic mass is 9.95. The van der Waals surface area contributed by atoms with Crippen molar-refractivity contribution in [2.75, 3.05) is 6.54 Å². The molecule has 0 radical (unpaired) electrons. The number of nitrogens with one attached hydrogen (secondary N) is 3. The van der Waals surface area contributed by atoms with Crippen LogP contribution in [0.5, 0.6) is 0 Å². The first-order chi connectivity index (χ1) is 19.2. The molecule has 9 heteroatoms. The molecule has 3 aromatic rings. The second kappa shape index (κ2) is 16.5. The van der Waals surface area contributed by atoms with E-state index < -0.39 is 23.8 Å². The second-order valence-electron chi connectivity index (χ2n) is 10.8. The fourth-order valence-corrected chi connectivity index (χ4v) is 5.94. The van der Waals surface area contributed by atoms with Gasteiger partial charge in [0.2, 0.25) is 0 Å². The summed E-state index contributed by atoms with van der Waals surface area (Å²) in [6.07, 6.45) is 5.23. The molecule has 1 aliphatic carbocycles. The van der Waals surface area contributed by atoms with Gasteiger partial charge in [0, 0.05) is 40.9 Å². The lowest BCUT2D eigenvalue weighted by Gasteiger charge is -2.25. The molecule has 0 heterocycles. The predicted molar refractivity (Wildman–Crippen MR) is 170 cm³/mol. The van der Waals surface area contributed by atoms with Crippen molar-refractivity contribution in [1.29, 1.82) is 0 Å². The maximum Gasteiger partial charge on any atom is 0.251 e. The van der Waals surface area contributed by atoms with Gasteiger partial charge in [0.1, 0.15) is 11.6 Å². The Balaban J connectivity index is 0.00000462. The van der Waals surface area contributed by atoms with Gasteiger partial charge in [-0.3, -0.25) is 4.79 Å². The van der Waals surface area contributed by atoms with Gasteiger partial charge in [-0.15, -0.1) is 12.4 Å². The normalized spacial score (nSPS) is 15.1. The highest BCUT2D eigenvalue weighted by Crippen LogP contribution is 2.19. The zero-order valence-corrected chi connectivity index (χ0v) is 26.2. The van der Waals surface area contributed by atoms with Crippen molar-refractivity contribution in [3.05, 3.63) is 104 Å². The zero-order valence-electron chi connectivity index (χ0n) is 23.3. The number of aryl methyl sites for hydroxylation is 1. The molecule has 3 aromatic carbocycles. The monoisotopic (exact) mass is 697 g/mol. The zero-order chi connectivity index (χ0) is 28.5. The number of halogens is 4. The second-order valence-corrected chi connectivity index (χ2v) is 12.1. The summed E-state index contributed by atoms with van der Waals surface area (Å²) >= 11 is 2.25. The van der Waals surface area contributed by atoms with Crippen molar-refractivity contribution >= 4 is 40.9 Å². The summed E-state index contributed by atoms with van der Waals surface area (Å²) < 4.78 is 28.9. The van der Waals surface area contributed by atoms with Crippen LogP contribution in [0.2, 0.25) is 0 Å². The van der Waals surface area contributed by atoms with E-state index in [1.807, 2.05) is 43.3 Å². The Kier molecular flexibility index (Phi) is 13.4. The number of aliphatic hydroxyl groups is 1. The summed E-state index contributed by atoms with van der Waals surface area (Å²) in [7, 11) is 0. The molecule has 1 fully saturated rings. The standard InChI is InChI=1S/C32H38F2IN3O2.ClH/c1-21-10-24(19-37-29-8-3-2-4-9-29)12-25(11-21)32(40)38-30(16-23-13-26(33)17-27(34)14-23)31(39)20-36-18-22-6-5-7-28(35)15-22;/h5-7,10-15,17,29-31,36-37,39H,2-4,8-9,16,18-20H2,1H3,(H,38,40);1H/t30-,31+;/m0./s1. The first-order valence-corrected chi connectivity index (χ1v) is 15.1. The fraction of sp³-hybridized carbons (Fsp3) is 0.406. The van der Waals surface area contributed by atoms with E-state index in [2.05, 4.69) is 44.6 Å². The van der Waals surface area contributed by atoms with Crippen LogP contribution in [0.15, 0.2) is 60.7 Å². The summed E-state index contributed by atoms with van der Waals surface area (Å²) in [5, 5.41) is 20.9. The van der Waals surface area contributed by atoms with E-state index in [1.54, 1.807) is 0 Å². The molecule has 0 unspecified atom stereocenters. The van der Waals surface area contributed by atoms with Crippen LogP contribution in [0.1, 0.15) is 64.7 Å². The van der Waals surface area contributed by atoms with Crippen molar-refractivity contribution < 1.29 is 18.7 Å². The molecule has 1 saturated carbocycles. The lowest BCUT2D eigenvalue weighted by Crippen LogP contribution is -2.48. The first-order valence-electron chi connectivity index (χ1n) is 14.0. The Labute approximate surface area is 261 Å². The van der Waals surface area contributed by atoms with Crippen LogP contribution < -0.4 is 16.0 Å².